The number of fused-ring (bicyclic) bond motifs is 1. The molecule has 2 aliphatic heterocycles. The molecule has 1 saturated heterocycles. The molecule has 2 aliphatic rings. The van der Waals surface area contributed by atoms with Crippen LogP contribution in [0.5, 0.6) is 5.75 Å². The van der Waals surface area contributed by atoms with Crippen molar-refractivity contribution in [3.05, 3.63) is 63.6 Å². The highest BCUT2D eigenvalue weighted by Gasteiger charge is 2.38. The third-order valence-corrected chi connectivity index (χ3v) is 6.50. The normalized spacial score (nSPS) is 19.8. The quantitative estimate of drug-likeness (QED) is 0.589. The van der Waals surface area contributed by atoms with Crippen LogP contribution in [0, 0.1) is 5.92 Å². The van der Waals surface area contributed by atoms with E-state index < -0.39 is 17.6 Å². The van der Waals surface area contributed by atoms with Gasteiger partial charge in [0.05, 0.1) is 13.2 Å². The third-order valence-electron chi connectivity index (χ3n) is 5.97. The Morgan fingerprint density at radius 2 is 1.82 bits per heavy atom. The first kappa shape index (κ1) is 24.1. The predicted octanol–water partition coefficient (Wildman–Crippen LogP) is 5.11. The van der Waals surface area contributed by atoms with E-state index in [2.05, 4.69) is 15.9 Å². The number of carbonyl (C=O) groups excluding carboxylic acids is 2. The Labute approximate surface area is 206 Å². The Hall–Kier alpha value is -3.07. The van der Waals surface area contributed by atoms with E-state index in [1.807, 2.05) is 45.0 Å². The molecule has 180 valence electrons. The van der Waals surface area contributed by atoms with E-state index in [4.69, 9.17) is 9.47 Å². The van der Waals surface area contributed by atoms with Gasteiger partial charge in [-0.05, 0) is 56.2 Å². The van der Waals surface area contributed by atoms with Crippen molar-refractivity contribution in [3.63, 3.8) is 0 Å². The molecule has 3 amide bonds. The van der Waals surface area contributed by atoms with Gasteiger partial charge in [0.2, 0.25) is 0 Å². The summed E-state index contributed by atoms with van der Waals surface area (Å²) in [6.45, 7) is 6.89. The topological polar surface area (TPSA) is 96.4 Å². The average Bonchev–Trinajstić information content (AvgIpc) is 3.33. The van der Waals surface area contributed by atoms with Crippen molar-refractivity contribution in [3.8, 4) is 5.75 Å². The fourth-order valence-corrected chi connectivity index (χ4v) is 4.60. The molecule has 0 spiro atoms. The molecule has 4 rings (SSSR count). The summed E-state index contributed by atoms with van der Waals surface area (Å²) < 4.78 is 12.6. The van der Waals surface area contributed by atoms with Crippen LogP contribution in [0.3, 0.4) is 0 Å². The van der Waals surface area contributed by atoms with Crippen molar-refractivity contribution >= 4 is 34.0 Å². The van der Waals surface area contributed by atoms with Gasteiger partial charge in [-0.25, -0.2) is 14.5 Å². The minimum Gasteiger partial charge on any atom is -0.493 e. The fourth-order valence-electron chi connectivity index (χ4n) is 4.33. The zero-order valence-corrected chi connectivity index (χ0v) is 20.9. The molecule has 2 heterocycles. The molecule has 0 unspecified atom stereocenters. The van der Waals surface area contributed by atoms with Crippen LogP contribution in [0.15, 0.2) is 46.9 Å². The van der Waals surface area contributed by atoms with Crippen LogP contribution >= 0.6 is 15.9 Å². The zero-order valence-electron chi connectivity index (χ0n) is 19.3. The first-order valence-electron chi connectivity index (χ1n) is 11.1. The number of likely N-dealkylation sites (tertiary alicyclic amines) is 1. The number of amides is 3. The molecule has 1 N–H and O–H groups in total. The molecule has 9 heteroatoms. The smallest absolute Gasteiger partial charge is 0.414 e. The maximum Gasteiger partial charge on any atom is 0.414 e. The second-order valence-electron chi connectivity index (χ2n) is 9.61. The number of rotatable bonds is 4. The lowest BCUT2D eigenvalue weighted by atomic mass is 9.89. The van der Waals surface area contributed by atoms with E-state index in [1.54, 1.807) is 23.1 Å². The largest absolute Gasteiger partial charge is 0.493 e. The van der Waals surface area contributed by atoms with E-state index >= 15 is 0 Å². The summed E-state index contributed by atoms with van der Waals surface area (Å²) in [4.78, 5) is 38.9. The van der Waals surface area contributed by atoms with Gasteiger partial charge in [-0.2, -0.15) is 0 Å². The van der Waals surface area contributed by atoms with Crippen LogP contribution in [0.2, 0.25) is 0 Å². The van der Waals surface area contributed by atoms with Crippen molar-refractivity contribution in [1.82, 2.24) is 9.80 Å². The fraction of sp³-hybridized carbons (Fsp3) is 0.400. The number of carbonyl (C=O) groups is 3. The van der Waals surface area contributed by atoms with Crippen molar-refractivity contribution in [2.75, 3.05) is 19.7 Å². The Balaban J connectivity index is 1.50. The van der Waals surface area contributed by atoms with Crippen LogP contribution in [-0.2, 0) is 11.3 Å². The van der Waals surface area contributed by atoms with E-state index in [0.29, 0.717) is 36.6 Å². The summed E-state index contributed by atoms with van der Waals surface area (Å²) >= 11 is 3.46. The van der Waals surface area contributed by atoms with Crippen molar-refractivity contribution < 1.29 is 29.0 Å². The molecular formula is C25H27BrN2O6. The lowest BCUT2D eigenvalue weighted by Gasteiger charge is -2.24. The first-order chi connectivity index (χ1) is 16.0. The van der Waals surface area contributed by atoms with Crippen molar-refractivity contribution in [1.29, 1.82) is 0 Å². The van der Waals surface area contributed by atoms with Gasteiger partial charge in [-0.15, -0.1) is 0 Å². The lowest BCUT2D eigenvalue weighted by molar-refractivity contribution is 0.0283. The van der Waals surface area contributed by atoms with Gasteiger partial charge in [0.15, 0.2) is 0 Å². The van der Waals surface area contributed by atoms with Crippen LogP contribution in [0.4, 0.5) is 9.59 Å². The molecule has 0 radical (unpaired) electrons. The number of ether oxygens (including phenoxy) is 2. The summed E-state index contributed by atoms with van der Waals surface area (Å²) in [5.74, 6) is 0.00890. The van der Waals surface area contributed by atoms with Crippen LogP contribution < -0.4 is 4.74 Å². The minimum atomic E-state index is -1.27. The van der Waals surface area contributed by atoms with Gasteiger partial charge in [0.25, 0.3) is 5.91 Å². The highest BCUT2D eigenvalue weighted by Crippen LogP contribution is 2.35. The van der Waals surface area contributed by atoms with Crippen LogP contribution in [0.1, 0.15) is 48.2 Å². The monoisotopic (exact) mass is 530 g/mol. The molecular weight excluding hydrogens is 504 g/mol. The molecule has 0 saturated carbocycles. The number of imide groups is 1. The number of hydrogen-bond acceptors (Lipinski definition) is 5. The number of halogens is 1. The van der Waals surface area contributed by atoms with E-state index in [9.17, 15) is 19.5 Å². The maximum absolute atomic E-state index is 12.7. The van der Waals surface area contributed by atoms with Crippen LogP contribution in [-0.4, -0.2) is 58.3 Å². The standard InChI is InChI=1S/C25H27BrN2O6/c1-25(2,3)34-24(32)27-11-17(21(13-27)15-4-7-18(26)8-5-15)14-33-19-9-6-16-12-28(23(30)31)22(29)20(16)10-19/h4-10,17,21H,11-14H2,1-3H3,(H,30,31)/t17-,21-/m1/s1. The SMILES string of the molecule is CC(C)(C)OC(=O)N1C[C@H](COc2ccc3c(c2)C(=O)N(C(=O)O)C3)[C@@H](c2ccc(Br)cc2)C1. The first-order valence-corrected chi connectivity index (χ1v) is 11.8. The van der Waals surface area contributed by atoms with Crippen LogP contribution in [0.25, 0.3) is 0 Å². The van der Waals surface area contributed by atoms with Gasteiger partial charge < -0.3 is 19.5 Å². The Morgan fingerprint density at radius 1 is 1.12 bits per heavy atom. The molecule has 34 heavy (non-hydrogen) atoms. The summed E-state index contributed by atoms with van der Waals surface area (Å²) in [5, 5.41) is 9.20. The molecule has 2 atom stereocenters. The van der Waals surface area contributed by atoms with Gasteiger partial charge >= 0.3 is 12.2 Å². The van der Waals surface area contributed by atoms with E-state index in [-0.39, 0.29) is 24.5 Å². The number of hydrogen-bond donors (Lipinski definition) is 1. The Bertz CT molecular complexity index is 1110. The predicted molar refractivity (Wildman–Crippen MR) is 128 cm³/mol. The Kier molecular flexibility index (Phi) is 6.58. The molecule has 2 aromatic carbocycles. The second-order valence-corrected chi connectivity index (χ2v) is 10.5. The second kappa shape index (κ2) is 9.29. The van der Waals surface area contributed by atoms with Gasteiger partial charge in [0.1, 0.15) is 11.4 Å². The minimum absolute atomic E-state index is 0.00756. The average molecular weight is 531 g/mol. The highest BCUT2D eigenvalue weighted by molar-refractivity contribution is 9.10. The van der Waals surface area contributed by atoms with Gasteiger partial charge in [-0.3, -0.25) is 4.79 Å². The summed E-state index contributed by atoms with van der Waals surface area (Å²) in [6.07, 6.45) is -1.62. The molecule has 8 nitrogen and oxygen atoms in total. The molecule has 0 aromatic heterocycles. The summed E-state index contributed by atoms with van der Waals surface area (Å²) in [5.41, 5.74) is 1.51. The van der Waals surface area contributed by atoms with Crippen molar-refractivity contribution in [2.24, 2.45) is 5.92 Å². The number of carboxylic acid groups (broad SMARTS) is 1. The van der Waals surface area contributed by atoms with Gasteiger partial charge in [-0.1, -0.05) is 34.1 Å². The van der Waals surface area contributed by atoms with Gasteiger partial charge in [0, 0.05) is 35.0 Å². The Morgan fingerprint density at radius 3 is 2.47 bits per heavy atom. The third kappa shape index (κ3) is 5.19. The van der Waals surface area contributed by atoms with E-state index in [1.165, 1.54) is 0 Å². The summed E-state index contributed by atoms with van der Waals surface area (Å²) in [7, 11) is 0. The van der Waals surface area contributed by atoms with E-state index in [0.717, 1.165) is 14.9 Å². The number of nitrogens with zero attached hydrogens (tertiary/aromatic N) is 2. The molecule has 2 aromatic rings. The lowest BCUT2D eigenvalue weighted by Crippen LogP contribution is -2.35. The zero-order chi connectivity index (χ0) is 24.6. The van der Waals surface area contributed by atoms with Crippen molar-refractivity contribution in [2.45, 2.75) is 38.8 Å². The summed E-state index contributed by atoms with van der Waals surface area (Å²) in [6, 6.07) is 13.1. The highest BCUT2D eigenvalue weighted by atomic mass is 79.9. The molecule has 0 aliphatic carbocycles. The maximum atomic E-state index is 12.7. The molecule has 1 fully saturated rings. The molecule has 0 bridgehead atoms. The number of benzene rings is 2.